The van der Waals surface area contributed by atoms with Crippen molar-refractivity contribution in [1.82, 2.24) is 4.31 Å². The SMILES string of the molecule is CCCN(CCO)S(C)=O. The molecule has 0 saturated heterocycles. The second kappa shape index (κ2) is 5.82. The smallest absolute Gasteiger partial charge is 0.0911 e. The molecule has 4 heteroatoms. The van der Waals surface area contributed by atoms with Gasteiger partial charge in [0.05, 0.1) is 17.6 Å². The summed E-state index contributed by atoms with van der Waals surface area (Å²) in [5.74, 6) is 0. The maximum Gasteiger partial charge on any atom is 0.0911 e. The van der Waals surface area contributed by atoms with E-state index in [2.05, 4.69) is 0 Å². The minimum absolute atomic E-state index is 0.0829. The number of aliphatic hydroxyl groups excluding tert-OH is 1. The van der Waals surface area contributed by atoms with Crippen molar-refractivity contribution in [3.05, 3.63) is 0 Å². The molecule has 0 aliphatic heterocycles. The Balaban J connectivity index is 3.61. The van der Waals surface area contributed by atoms with Crippen LogP contribution in [-0.2, 0) is 11.0 Å². The van der Waals surface area contributed by atoms with Crippen molar-refractivity contribution < 1.29 is 9.32 Å². The van der Waals surface area contributed by atoms with E-state index in [0.717, 1.165) is 13.0 Å². The molecule has 1 N–H and O–H groups in total. The number of nitrogens with zero attached hydrogens (tertiary/aromatic N) is 1. The Labute approximate surface area is 64.6 Å². The fourth-order valence-corrected chi connectivity index (χ4v) is 1.51. The van der Waals surface area contributed by atoms with Crippen LogP contribution in [0, 0.1) is 0 Å². The zero-order valence-electron chi connectivity index (χ0n) is 6.54. The van der Waals surface area contributed by atoms with Crippen molar-refractivity contribution in [2.45, 2.75) is 13.3 Å². The third kappa shape index (κ3) is 3.98. The van der Waals surface area contributed by atoms with Gasteiger partial charge in [0.15, 0.2) is 0 Å². The number of aliphatic hydroxyl groups is 1. The second-order valence-electron chi connectivity index (χ2n) is 2.08. The maximum atomic E-state index is 10.8. The summed E-state index contributed by atoms with van der Waals surface area (Å²) in [5.41, 5.74) is 0. The Bertz CT molecular complexity index is 102. The highest BCUT2D eigenvalue weighted by molar-refractivity contribution is 7.81. The normalized spacial score (nSPS) is 14.0. The Morgan fingerprint density at radius 2 is 2.10 bits per heavy atom. The van der Waals surface area contributed by atoms with E-state index in [1.165, 1.54) is 0 Å². The largest absolute Gasteiger partial charge is 0.395 e. The standard InChI is InChI=1S/C6H15NO2S/c1-3-4-7(5-6-8)10(2)9/h8H,3-6H2,1-2H3. The van der Waals surface area contributed by atoms with E-state index >= 15 is 0 Å². The molecule has 0 rings (SSSR count). The summed E-state index contributed by atoms with van der Waals surface area (Å²) >= 11 is 0. The van der Waals surface area contributed by atoms with E-state index in [9.17, 15) is 4.21 Å². The van der Waals surface area contributed by atoms with Gasteiger partial charge in [-0.15, -0.1) is 0 Å². The summed E-state index contributed by atoms with van der Waals surface area (Å²) in [7, 11) is -0.930. The lowest BCUT2D eigenvalue weighted by Gasteiger charge is -2.15. The maximum absolute atomic E-state index is 10.8. The molecule has 0 amide bonds. The van der Waals surface area contributed by atoms with Crippen LogP contribution < -0.4 is 0 Å². The molecule has 0 aromatic heterocycles. The van der Waals surface area contributed by atoms with Crippen LogP contribution in [0.1, 0.15) is 13.3 Å². The Morgan fingerprint density at radius 3 is 2.40 bits per heavy atom. The first kappa shape index (κ1) is 10.1. The predicted molar refractivity (Wildman–Crippen MR) is 43.0 cm³/mol. The van der Waals surface area contributed by atoms with Crippen LogP contribution in [0.25, 0.3) is 0 Å². The van der Waals surface area contributed by atoms with Crippen LogP contribution in [0.2, 0.25) is 0 Å². The van der Waals surface area contributed by atoms with Crippen LogP contribution in [0.5, 0.6) is 0 Å². The molecule has 0 bridgehead atoms. The number of rotatable bonds is 5. The minimum atomic E-state index is -0.930. The number of hydrogen-bond acceptors (Lipinski definition) is 2. The lowest BCUT2D eigenvalue weighted by Crippen LogP contribution is -2.28. The van der Waals surface area contributed by atoms with Gasteiger partial charge in [0.1, 0.15) is 0 Å². The Morgan fingerprint density at radius 1 is 1.50 bits per heavy atom. The van der Waals surface area contributed by atoms with Gasteiger partial charge >= 0.3 is 0 Å². The Kier molecular flexibility index (Phi) is 5.87. The van der Waals surface area contributed by atoms with Gasteiger partial charge in [-0.2, -0.15) is 0 Å². The summed E-state index contributed by atoms with van der Waals surface area (Å²) < 4.78 is 12.6. The first-order valence-corrected chi connectivity index (χ1v) is 4.93. The van der Waals surface area contributed by atoms with Gasteiger partial charge in [0.2, 0.25) is 0 Å². The molecular formula is C6H15NO2S. The van der Waals surface area contributed by atoms with Crippen LogP contribution >= 0.6 is 0 Å². The van der Waals surface area contributed by atoms with Gasteiger partial charge < -0.3 is 5.11 Å². The average Bonchev–Trinajstić information content (AvgIpc) is 1.87. The van der Waals surface area contributed by atoms with Crippen molar-refractivity contribution in [2.75, 3.05) is 26.0 Å². The lowest BCUT2D eigenvalue weighted by atomic mass is 10.5. The van der Waals surface area contributed by atoms with Gasteiger partial charge in [0, 0.05) is 19.3 Å². The molecule has 0 saturated carbocycles. The van der Waals surface area contributed by atoms with E-state index in [1.807, 2.05) is 6.92 Å². The molecule has 62 valence electrons. The van der Waals surface area contributed by atoms with Crippen molar-refractivity contribution in [3.8, 4) is 0 Å². The number of hydrogen-bond donors (Lipinski definition) is 1. The monoisotopic (exact) mass is 165 g/mol. The second-order valence-corrected chi connectivity index (χ2v) is 3.44. The van der Waals surface area contributed by atoms with Crippen LogP contribution in [0.3, 0.4) is 0 Å². The quantitative estimate of drug-likeness (QED) is 0.622. The fraction of sp³-hybridized carbons (Fsp3) is 1.00. The van der Waals surface area contributed by atoms with E-state index in [0.29, 0.717) is 6.54 Å². The van der Waals surface area contributed by atoms with Gasteiger partial charge in [0.25, 0.3) is 0 Å². The highest BCUT2D eigenvalue weighted by atomic mass is 32.2. The fourth-order valence-electron chi connectivity index (χ4n) is 0.730. The average molecular weight is 165 g/mol. The zero-order chi connectivity index (χ0) is 7.98. The van der Waals surface area contributed by atoms with Crippen LogP contribution in [-0.4, -0.2) is 39.6 Å². The summed E-state index contributed by atoms with van der Waals surface area (Å²) in [6, 6.07) is 0. The van der Waals surface area contributed by atoms with Gasteiger partial charge in [-0.1, -0.05) is 6.92 Å². The van der Waals surface area contributed by atoms with E-state index in [4.69, 9.17) is 5.11 Å². The first-order chi connectivity index (χ1) is 4.72. The Hall–Kier alpha value is 0.0700. The first-order valence-electron chi connectivity index (χ1n) is 3.41. The van der Waals surface area contributed by atoms with Gasteiger partial charge in [-0.05, 0) is 6.42 Å². The highest BCUT2D eigenvalue weighted by Crippen LogP contribution is 1.93. The molecule has 0 aliphatic rings. The molecule has 3 nitrogen and oxygen atoms in total. The van der Waals surface area contributed by atoms with Crippen molar-refractivity contribution in [2.24, 2.45) is 0 Å². The summed E-state index contributed by atoms with van der Waals surface area (Å²) in [6.45, 7) is 3.41. The molecule has 0 aromatic carbocycles. The summed E-state index contributed by atoms with van der Waals surface area (Å²) in [5, 5.41) is 8.54. The van der Waals surface area contributed by atoms with Crippen molar-refractivity contribution >= 4 is 11.0 Å². The summed E-state index contributed by atoms with van der Waals surface area (Å²) in [6.07, 6.45) is 2.60. The van der Waals surface area contributed by atoms with Crippen molar-refractivity contribution in [3.63, 3.8) is 0 Å². The third-order valence-electron chi connectivity index (χ3n) is 1.19. The van der Waals surface area contributed by atoms with E-state index < -0.39 is 11.0 Å². The molecule has 0 radical (unpaired) electrons. The minimum Gasteiger partial charge on any atom is -0.395 e. The van der Waals surface area contributed by atoms with Crippen LogP contribution in [0.15, 0.2) is 0 Å². The molecule has 0 aliphatic carbocycles. The van der Waals surface area contributed by atoms with Crippen LogP contribution in [0.4, 0.5) is 0 Å². The van der Waals surface area contributed by atoms with Crippen molar-refractivity contribution in [1.29, 1.82) is 0 Å². The third-order valence-corrected chi connectivity index (χ3v) is 2.28. The van der Waals surface area contributed by atoms with E-state index in [1.54, 1.807) is 10.6 Å². The van der Waals surface area contributed by atoms with Gasteiger partial charge in [-0.25, -0.2) is 8.51 Å². The molecule has 1 unspecified atom stereocenters. The zero-order valence-corrected chi connectivity index (χ0v) is 7.36. The van der Waals surface area contributed by atoms with Gasteiger partial charge in [-0.3, -0.25) is 0 Å². The lowest BCUT2D eigenvalue weighted by molar-refractivity contribution is 0.258. The highest BCUT2D eigenvalue weighted by Gasteiger charge is 2.04. The topological polar surface area (TPSA) is 40.5 Å². The summed E-state index contributed by atoms with van der Waals surface area (Å²) in [4.78, 5) is 0. The molecule has 0 heterocycles. The molecule has 10 heavy (non-hydrogen) atoms. The molecule has 1 atom stereocenters. The molecule has 0 aromatic rings. The molecular weight excluding hydrogens is 150 g/mol. The molecule has 0 spiro atoms. The predicted octanol–water partition coefficient (Wildman–Crippen LogP) is -0.0158. The van der Waals surface area contributed by atoms with E-state index in [-0.39, 0.29) is 6.61 Å². The molecule has 0 fully saturated rings.